The highest BCUT2D eigenvalue weighted by Crippen LogP contribution is 2.32. The molecule has 1 saturated carbocycles. The van der Waals surface area contributed by atoms with E-state index in [2.05, 4.69) is 5.32 Å². The van der Waals surface area contributed by atoms with Gasteiger partial charge in [0.2, 0.25) is 31.9 Å². The number of amides is 2. The fourth-order valence-corrected chi connectivity index (χ4v) is 7.66. The van der Waals surface area contributed by atoms with Crippen molar-refractivity contribution in [2.75, 3.05) is 39.3 Å². The lowest BCUT2D eigenvalue weighted by molar-refractivity contribution is -0.140. The second-order valence-electron chi connectivity index (χ2n) is 9.49. The van der Waals surface area contributed by atoms with Gasteiger partial charge in [-0.05, 0) is 49.9 Å². The molecular weight excluding hydrogens is 492 g/mol. The third-order valence-electron chi connectivity index (χ3n) is 7.03. The van der Waals surface area contributed by atoms with Crippen LogP contribution in [0.5, 0.6) is 0 Å². The van der Waals surface area contributed by atoms with E-state index in [9.17, 15) is 26.4 Å². The lowest BCUT2D eigenvalue weighted by Crippen LogP contribution is -2.62. The van der Waals surface area contributed by atoms with Gasteiger partial charge < -0.3 is 10.2 Å². The Morgan fingerprint density at radius 2 is 1.51 bits per heavy atom. The topological polar surface area (TPSA) is 124 Å². The van der Waals surface area contributed by atoms with Gasteiger partial charge in [0, 0.05) is 45.2 Å². The van der Waals surface area contributed by atoms with Gasteiger partial charge in [0.15, 0.2) is 0 Å². The molecule has 1 aromatic rings. The molecule has 1 aliphatic carbocycles. The summed E-state index contributed by atoms with van der Waals surface area (Å²) in [6.45, 7) is 5.55. The maximum Gasteiger partial charge on any atom is 0.243 e. The number of carbonyl (C=O) groups excluding carboxylic acids is 2. The molecular formula is C23H34N4O6S2. The van der Waals surface area contributed by atoms with Crippen molar-refractivity contribution in [2.24, 2.45) is 11.8 Å². The van der Waals surface area contributed by atoms with Crippen molar-refractivity contribution in [1.82, 2.24) is 18.8 Å². The van der Waals surface area contributed by atoms with Gasteiger partial charge in [0.1, 0.15) is 0 Å². The Labute approximate surface area is 207 Å². The fraction of sp³-hybridized carbons (Fsp3) is 0.652. The van der Waals surface area contributed by atoms with E-state index in [1.807, 2.05) is 0 Å². The molecule has 0 unspecified atom stereocenters. The largest absolute Gasteiger partial charge is 0.350 e. The molecule has 3 fully saturated rings. The number of nitrogens with zero attached hydrogens (tertiary/aromatic N) is 3. The molecule has 0 spiro atoms. The molecule has 2 saturated heterocycles. The van der Waals surface area contributed by atoms with E-state index in [1.165, 1.54) is 32.9 Å². The highest BCUT2D eigenvalue weighted by molar-refractivity contribution is 7.89. The van der Waals surface area contributed by atoms with E-state index in [0.717, 1.165) is 12.8 Å². The van der Waals surface area contributed by atoms with Crippen molar-refractivity contribution >= 4 is 31.9 Å². The summed E-state index contributed by atoms with van der Waals surface area (Å²) in [6.07, 6.45) is 3.06. The van der Waals surface area contributed by atoms with E-state index in [4.69, 9.17) is 0 Å². The number of nitrogens with one attached hydrogen (secondary N) is 1. The average Bonchev–Trinajstić information content (AvgIpc) is 3.67. The Morgan fingerprint density at radius 3 is 2.09 bits per heavy atom. The lowest BCUT2D eigenvalue weighted by atomic mass is 9.97. The molecule has 2 heterocycles. The molecule has 12 heteroatoms. The average molecular weight is 527 g/mol. The predicted molar refractivity (Wildman–Crippen MR) is 129 cm³/mol. The Morgan fingerprint density at radius 1 is 0.914 bits per heavy atom. The molecule has 1 N–H and O–H groups in total. The van der Waals surface area contributed by atoms with E-state index < -0.39 is 26.0 Å². The lowest BCUT2D eigenvalue weighted by Gasteiger charge is -2.41. The van der Waals surface area contributed by atoms with Crippen LogP contribution in [0.4, 0.5) is 0 Å². The third kappa shape index (κ3) is 5.40. The van der Waals surface area contributed by atoms with Crippen molar-refractivity contribution < 1.29 is 26.4 Å². The van der Waals surface area contributed by atoms with Crippen LogP contribution in [0, 0.1) is 11.8 Å². The molecule has 2 amide bonds. The molecule has 0 bridgehead atoms. The van der Waals surface area contributed by atoms with Crippen LogP contribution in [0.25, 0.3) is 0 Å². The summed E-state index contributed by atoms with van der Waals surface area (Å²) >= 11 is 0. The van der Waals surface area contributed by atoms with Gasteiger partial charge in [-0.1, -0.05) is 13.8 Å². The van der Waals surface area contributed by atoms with Crippen molar-refractivity contribution in [3.8, 4) is 0 Å². The molecule has 4 rings (SSSR count). The van der Waals surface area contributed by atoms with E-state index in [-0.39, 0.29) is 40.1 Å². The Balaban J connectivity index is 1.37. The first-order chi connectivity index (χ1) is 16.6. The Kier molecular flexibility index (Phi) is 7.56. The van der Waals surface area contributed by atoms with Gasteiger partial charge in [-0.15, -0.1) is 0 Å². The summed E-state index contributed by atoms with van der Waals surface area (Å²) in [7, 11) is -7.55. The van der Waals surface area contributed by atoms with Crippen molar-refractivity contribution in [3.63, 3.8) is 0 Å². The van der Waals surface area contributed by atoms with E-state index in [0.29, 0.717) is 45.6 Å². The van der Waals surface area contributed by atoms with Crippen molar-refractivity contribution in [3.05, 3.63) is 24.3 Å². The second kappa shape index (κ2) is 10.2. The first-order valence-electron chi connectivity index (χ1n) is 12.3. The van der Waals surface area contributed by atoms with Crippen LogP contribution in [0.15, 0.2) is 34.1 Å². The molecule has 1 atom stereocenters. The standard InChI is InChI=1S/C23H34N4O6S2/c1-3-26(4-2)34(30,31)20-9-11-21(12-10-20)35(32,33)27-13-5-6-18(14-27)22(28)24-19-15-25(16-19)23(29)17-7-8-17/h9-12,17-19H,3-8,13-16H2,1-2H3,(H,24,28)/t18-/m1/s1. The minimum absolute atomic E-state index is 0.00489. The minimum Gasteiger partial charge on any atom is -0.350 e. The normalized spacial score (nSPS) is 22.1. The predicted octanol–water partition coefficient (Wildman–Crippen LogP) is 0.855. The van der Waals surface area contributed by atoms with Gasteiger partial charge >= 0.3 is 0 Å². The van der Waals surface area contributed by atoms with Crippen LogP contribution in [-0.4, -0.2) is 87.5 Å². The van der Waals surface area contributed by atoms with Gasteiger partial charge in [-0.25, -0.2) is 16.8 Å². The SMILES string of the molecule is CCN(CC)S(=O)(=O)c1ccc(S(=O)(=O)N2CCC[C@@H](C(=O)NC3CN(C(=O)C4CC4)C3)C2)cc1. The number of sulfonamides is 2. The zero-order valence-electron chi connectivity index (χ0n) is 20.2. The summed E-state index contributed by atoms with van der Waals surface area (Å²) in [4.78, 5) is 26.7. The van der Waals surface area contributed by atoms with Gasteiger partial charge in [0.05, 0.1) is 21.8 Å². The summed E-state index contributed by atoms with van der Waals surface area (Å²) in [6, 6.07) is 5.18. The maximum atomic E-state index is 13.2. The minimum atomic E-state index is -3.87. The number of benzene rings is 1. The van der Waals surface area contributed by atoms with Crippen LogP contribution >= 0.6 is 0 Å². The molecule has 3 aliphatic rings. The number of piperidine rings is 1. The van der Waals surface area contributed by atoms with E-state index >= 15 is 0 Å². The van der Waals surface area contributed by atoms with Crippen LogP contribution in [0.3, 0.4) is 0 Å². The monoisotopic (exact) mass is 526 g/mol. The van der Waals surface area contributed by atoms with Crippen molar-refractivity contribution in [2.45, 2.75) is 55.4 Å². The van der Waals surface area contributed by atoms with Gasteiger partial charge in [0.25, 0.3) is 0 Å². The van der Waals surface area contributed by atoms with E-state index in [1.54, 1.807) is 18.7 Å². The maximum absolute atomic E-state index is 13.2. The van der Waals surface area contributed by atoms with Crippen LogP contribution in [0.1, 0.15) is 39.5 Å². The second-order valence-corrected chi connectivity index (χ2v) is 13.4. The summed E-state index contributed by atoms with van der Waals surface area (Å²) in [5.41, 5.74) is 0. The fourth-order valence-electron chi connectivity index (χ4n) is 4.68. The molecule has 194 valence electrons. The highest BCUT2D eigenvalue weighted by Gasteiger charge is 2.41. The zero-order chi connectivity index (χ0) is 25.4. The number of hydrogen-bond acceptors (Lipinski definition) is 6. The summed E-state index contributed by atoms with van der Waals surface area (Å²) < 4.78 is 54.4. The van der Waals surface area contributed by atoms with Crippen LogP contribution < -0.4 is 5.32 Å². The Hall–Kier alpha value is -2.02. The first-order valence-corrected chi connectivity index (χ1v) is 15.2. The molecule has 10 nitrogen and oxygen atoms in total. The third-order valence-corrected chi connectivity index (χ3v) is 11.0. The van der Waals surface area contributed by atoms with Crippen LogP contribution in [0.2, 0.25) is 0 Å². The number of rotatable bonds is 9. The highest BCUT2D eigenvalue weighted by atomic mass is 32.2. The summed E-state index contributed by atoms with van der Waals surface area (Å²) in [5.74, 6) is -0.320. The first kappa shape index (κ1) is 26.1. The van der Waals surface area contributed by atoms with Gasteiger partial charge in [-0.2, -0.15) is 8.61 Å². The Bertz CT molecular complexity index is 1150. The summed E-state index contributed by atoms with van der Waals surface area (Å²) in [5, 5.41) is 2.96. The molecule has 35 heavy (non-hydrogen) atoms. The number of likely N-dealkylation sites (tertiary alicyclic amines) is 1. The van der Waals surface area contributed by atoms with Crippen molar-refractivity contribution in [1.29, 1.82) is 0 Å². The molecule has 0 radical (unpaired) electrons. The smallest absolute Gasteiger partial charge is 0.243 e. The molecule has 0 aromatic heterocycles. The molecule has 1 aromatic carbocycles. The molecule has 2 aliphatic heterocycles. The number of hydrogen-bond donors (Lipinski definition) is 1. The zero-order valence-corrected chi connectivity index (χ0v) is 21.9. The van der Waals surface area contributed by atoms with Gasteiger partial charge in [-0.3, -0.25) is 9.59 Å². The number of carbonyl (C=O) groups is 2. The van der Waals surface area contributed by atoms with Crippen LogP contribution in [-0.2, 0) is 29.6 Å². The quantitative estimate of drug-likeness (QED) is 0.509.